The van der Waals surface area contributed by atoms with E-state index in [1.54, 1.807) is 31.3 Å². The molecule has 0 atom stereocenters. The fraction of sp³-hybridized carbons (Fsp3) is 0.0870. The van der Waals surface area contributed by atoms with Crippen LogP contribution >= 0.6 is 0 Å². The summed E-state index contributed by atoms with van der Waals surface area (Å²) >= 11 is 1.81. The number of phenolic OH excluding ortho intramolecular Hbond substituents is 1. The molecule has 28 heavy (non-hydrogen) atoms. The van der Waals surface area contributed by atoms with E-state index in [1.807, 2.05) is 30.3 Å². The number of hydrogen-bond donors (Lipinski definition) is 3. The van der Waals surface area contributed by atoms with Gasteiger partial charge in [-0.05, 0) is 22.9 Å². The van der Waals surface area contributed by atoms with Crippen molar-refractivity contribution >= 4 is 29.2 Å². The number of benzene rings is 3. The second-order valence-electron chi connectivity index (χ2n) is 4.69. The number of aliphatic hydroxyl groups excluding tert-OH is 2. The van der Waals surface area contributed by atoms with Gasteiger partial charge >= 0.3 is 26.8 Å². The van der Waals surface area contributed by atoms with Crippen LogP contribution in [0.1, 0.15) is 0 Å². The van der Waals surface area contributed by atoms with E-state index in [4.69, 9.17) is 15.3 Å². The molecule has 4 aromatic rings. The summed E-state index contributed by atoms with van der Waals surface area (Å²) in [5, 5.41) is 28.0. The minimum absolute atomic E-state index is 0. The Morgan fingerprint density at radius 2 is 1.18 bits per heavy atom. The maximum atomic E-state index is 9.13. The van der Waals surface area contributed by atoms with Gasteiger partial charge in [-0.15, -0.1) is 29.7 Å². The van der Waals surface area contributed by atoms with Crippen LogP contribution in [-0.2, 0) is 19.2 Å². The molecule has 0 amide bonds. The first-order valence-corrected chi connectivity index (χ1v) is 10.6. The number of hydrogen-bond acceptors (Lipinski definition) is 3. The standard InChI is InChI=1S/C10H8O.C9H7.2CH4O.2CH3.Si.Ti/c11-10-6-5-8-3-1-2-4-9(8)7-10;1-2-5-9-7-3-6-8(9)4-1;2*1-2;;;;/h1-7,11H;1-7H;2*2H,1H3;2*1H3;;/q;-1;;;2*-1;;. The minimum Gasteiger partial charge on any atom is -0.168 e. The van der Waals surface area contributed by atoms with Crippen molar-refractivity contribution in [3.63, 3.8) is 0 Å². The molecule has 0 heterocycles. The normalized spacial score (nSPS) is 7.82. The van der Waals surface area contributed by atoms with Gasteiger partial charge in [-0.3, -0.25) is 0 Å². The van der Waals surface area contributed by atoms with Gasteiger partial charge < -0.3 is 30.2 Å². The smallest absolute Gasteiger partial charge is 0.0809 e. The molecule has 0 aliphatic heterocycles. The van der Waals surface area contributed by atoms with Gasteiger partial charge in [0.25, 0.3) is 0 Å². The first-order chi connectivity index (χ1) is 12.8. The summed E-state index contributed by atoms with van der Waals surface area (Å²) in [4.78, 5) is 0. The molecular formula is C23H29O3SiTi-3. The summed E-state index contributed by atoms with van der Waals surface area (Å²) in [6, 6.07) is 28.0. The molecule has 150 valence electrons. The van der Waals surface area contributed by atoms with E-state index in [9.17, 15) is 0 Å². The van der Waals surface area contributed by atoms with Crippen LogP contribution < -0.4 is 0 Å². The molecule has 3 nitrogen and oxygen atoms in total. The fourth-order valence-corrected chi connectivity index (χ4v) is 2.25. The molecule has 0 saturated carbocycles. The third-order valence-electron chi connectivity index (χ3n) is 3.28. The third-order valence-corrected chi connectivity index (χ3v) is 3.28. The number of rotatable bonds is 0. The largest absolute Gasteiger partial charge is 0.168 e. The summed E-state index contributed by atoms with van der Waals surface area (Å²) in [5.41, 5.74) is 0. The average Bonchev–Trinajstić information content (AvgIpc) is 3.22. The molecule has 0 aromatic heterocycles. The van der Waals surface area contributed by atoms with Crippen LogP contribution in [0.2, 0.25) is 0 Å². The Bertz CT molecular complexity index is 832. The van der Waals surface area contributed by atoms with Crippen LogP contribution in [0.5, 0.6) is 5.75 Å². The van der Waals surface area contributed by atoms with E-state index in [-0.39, 0.29) is 14.9 Å². The van der Waals surface area contributed by atoms with Crippen molar-refractivity contribution in [2.24, 2.45) is 0 Å². The zero-order valence-corrected chi connectivity index (χ0v) is 19.5. The summed E-state index contributed by atoms with van der Waals surface area (Å²) in [6.45, 7) is 0. The first kappa shape index (κ1) is 30.9. The van der Waals surface area contributed by atoms with Crippen molar-refractivity contribution in [1.82, 2.24) is 0 Å². The predicted molar refractivity (Wildman–Crippen MR) is 120 cm³/mol. The maximum absolute atomic E-state index is 9.13. The topological polar surface area (TPSA) is 60.7 Å². The maximum Gasteiger partial charge on any atom is -0.0809 e. The Hall–Kier alpha value is -1.82. The molecule has 5 heteroatoms. The van der Waals surface area contributed by atoms with Crippen LogP contribution in [0.3, 0.4) is 0 Å². The molecule has 4 aromatic carbocycles. The summed E-state index contributed by atoms with van der Waals surface area (Å²) in [6.07, 6.45) is 0. The molecule has 0 unspecified atom stereocenters. The van der Waals surface area contributed by atoms with Crippen LogP contribution in [0, 0.1) is 14.9 Å². The van der Waals surface area contributed by atoms with E-state index in [0.717, 1.165) is 25.0 Å². The zero-order chi connectivity index (χ0) is 19.8. The van der Waals surface area contributed by atoms with Gasteiger partial charge in [-0.2, -0.15) is 17.5 Å². The molecular weight excluding hydrogens is 400 g/mol. The van der Waals surface area contributed by atoms with Gasteiger partial charge in [0, 0.05) is 14.2 Å². The molecule has 4 rings (SSSR count). The van der Waals surface area contributed by atoms with Crippen molar-refractivity contribution in [2.45, 2.75) is 0 Å². The van der Waals surface area contributed by atoms with Gasteiger partial charge in [0.2, 0.25) is 0 Å². The van der Waals surface area contributed by atoms with Crippen LogP contribution in [0.15, 0.2) is 84.9 Å². The monoisotopic (exact) mass is 429 g/mol. The molecule has 0 saturated heterocycles. The number of aliphatic hydroxyl groups is 2. The molecule has 0 spiro atoms. The Balaban J connectivity index is -0.000000337. The fourth-order valence-electron chi connectivity index (χ4n) is 2.25. The first-order valence-electron chi connectivity index (χ1n) is 7.75. The van der Waals surface area contributed by atoms with E-state index in [2.05, 4.69) is 50.1 Å². The number of aromatic hydroxyl groups is 1. The summed E-state index contributed by atoms with van der Waals surface area (Å²) in [7, 11) is 4.97. The Morgan fingerprint density at radius 1 is 0.679 bits per heavy atom. The van der Waals surface area contributed by atoms with Crippen LogP contribution in [0.25, 0.3) is 21.5 Å². The van der Waals surface area contributed by atoms with Crippen LogP contribution in [0.4, 0.5) is 0 Å². The second kappa shape index (κ2) is 19.9. The zero-order valence-electron chi connectivity index (χ0n) is 16.9. The average molecular weight is 429 g/mol. The molecule has 0 bridgehead atoms. The third kappa shape index (κ3) is 10.5. The Kier molecular flexibility index (Phi) is 22.0. The van der Waals surface area contributed by atoms with E-state index < -0.39 is 0 Å². The molecule has 0 aliphatic rings. The minimum atomic E-state index is 0. The van der Waals surface area contributed by atoms with E-state index in [1.165, 1.54) is 10.8 Å². The van der Waals surface area contributed by atoms with Crippen molar-refractivity contribution in [3.8, 4) is 5.75 Å². The van der Waals surface area contributed by atoms with Crippen molar-refractivity contribution in [2.75, 3.05) is 14.2 Å². The van der Waals surface area contributed by atoms with Gasteiger partial charge in [0.1, 0.15) is 5.75 Å². The van der Waals surface area contributed by atoms with E-state index in [0.29, 0.717) is 5.75 Å². The van der Waals surface area contributed by atoms with Crippen LogP contribution in [-0.4, -0.2) is 37.2 Å². The SMILES string of the molecule is CO.CO.Oc1ccc2ccccc2c1.[CH3-].[CH3-].[Si]=[Ti].c1ccc2[cH-]ccc2c1. The summed E-state index contributed by atoms with van der Waals surface area (Å²) in [5.74, 6) is 0.323. The molecule has 0 fully saturated rings. The Labute approximate surface area is 183 Å². The van der Waals surface area contributed by atoms with Gasteiger partial charge in [-0.1, -0.05) is 36.4 Å². The quantitative estimate of drug-likeness (QED) is 0.277. The van der Waals surface area contributed by atoms with Crippen molar-refractivity contribution < 1.29 is 34.5 Å². The van der Waals surface area contributed by atoms with Crippen molar-refractivity contribution in [3.05, 3.63) is 99.8 Å². The Morgan fingerprint density at radius 3 is 1.75 bits per heavy atom. The van der Waals surface area contributed by atoms with Gasteiger partial charge in [-0.25, -0.2) is 0 Å². The number of phenols is 1. The van der Waals surface area contributed by atoms with Crippen molar-refractivity contribution in [1.29, 1.82) is 0 Å². The van der Waals surface area contributed by atoms with E-state index >= 15 is 0 Å². The molecule has 0 aliphatic carbocycles. The number of fused-ring (bicyclic) bond motifs is 2. The molecule has 3 N–H and O–H groups in total. The second-order valence-corrected chi connectivity index (χ2v) is 4.69. The predicted octanol–water partition coefficient (Wildman–Crippen LogP) is 4.84. The van der Waals surface area contributed by atoms with Gasteiger partial charge in [0.15, 0.2) is 0 Å². The molecule has 2 radical (unpaired) electrons. The summed E-state index contributed by atoms with van der Waals surface area (Å²) < 4.78 is 0. The van der Waals surface area contributed by atoms with Gasteiger partial charge in [0.05, 0.1) is 0 Å².